The van der Waals surface area contributed by atoms with Crippen molar-refractivity contribution in [2.24, 2.45) is 5.92 Å². The van der Waals surface area contributed by atoms with Crippen LogP contribution in [0.1, 0.15) is 40.6 Å². The number of carbonyl (C=O) groups excluding carboxylic acids is 2. The van der Waals surface area contributed by atoms with Crippen molar-refractivity contribution < 1.29 is 23.1 Å². The highest BCUT2D eigenvalue weighted by molar-refractivity contribution is 6.38. The van der Waals surface area contributed by atoms with Gasteiger partial charge in [-0.15, -0.1) is 5.10 Å². The Kier molecular flexibility index (Phi) is 7.59. The lowest BCUT2D eigenvalue weighted by Crippen LogP contribution is -2.46. The highest BCUT2D eigenvalue weighted by Gasteiger charge is 2.43. The third-order valence-electron chi connectivity index (χ3n) is 5.75. The molecule has 192 valence electrons. The van der Waals surface area contributed by atoms with Gasteiger partial charge >= 0.3 is 6.61 Å². The molecule has 1 saturated carbocycles. The molecule has 0 saturated heterocycles. The highest BCUT2D eigenvalue weighted by atomic mass is 35.5. The van der Waals surface area contributed by atoms with E-state index in [0.717, 1.165) is 23.6 Å². The van der Waals surface area contributed by atoms with Crippen LogP contribution < -0.4 is 15.4 Å². The number of para-hydroxylation sites is 1. The van der Waals surface area contributed by atoms with Crippen LogP contribution in [0.3, 0.4) is 0 Å². The maximum absolute atomic E-state index is 13.4. The normalized spacial score (nSPS) is 14.5. The lowest BCUT2D eigenvalue weighted by atomic mass is 9.97. The Hall–Kier alpha value is -3.39. The largest absolute Gasteiger partial charge is 0.415 e. The molecule has 0 aliphatic heterocycles. The number of anilines is 1. The Bertz CT molecular complexity index is 1420. The second-order valence-corrected chi connectivity index (χ2v) is 9.67. The molecule has 2 N–H and O–H groups in total. The van der Waals surface area contributed by atoms with Crippen LogP contribution in [0.5, 0.6) is 5.88 Å². The molecule has 3 aromatic rings. The number of hydrogen-bond donors (Lipinski definition) is 2. The van der Waals surface area contributed by atoms with Gasteiger partial charge in [0.15, 0.2) is 0 Å². The van der Waals surface area contributed by atoms with Gasteiger partial charge in [-0.1, -0.05) is 46.9 Å². The molecule has 1 fully saturated rings. The van der Waals surface area contributed by atoms with Crippen molar-refractivity contribution >= 4 is 52.3 Å². The molecule has 1 aromatic heterocycles. The molecule has 37 heavy (non-hydrogen) atoms. The van der Waals surface area contributed by atoms with Gasteiger partial charge < -0.3 is 15.4 Å². The molecule has 1 aliphatic rings. The summed E-state index contributed by atoms with van der Waals surface area (Å²) < 4.78 is 31.1. The number of nitrogens with one attached hydrogen (secondary N) is 2. The second kappa shape index (κ2) is 10.5. The highest BCUT2D eigenvalue weighted by Crippen LogP contribution is 2.40. The van der Waals surface area contributed by atoms with E-state index in [2.05, 4.69) is 26.5 Å². The van der Waals surface area contributed by atoms with Crippen molar-refractivity contribution in [3.63, 3.8) is 0 Å². The lowest BCUT2D eigenvalue weighted by molar-refractivity contribution is -0.0530. The minimum atomic E-state index is -3.19. The summed E-state index contributed by atoms with van der Waals surface area (Å²) in [6.45, 7) is -1.58. The van der Waals surface area contributed by atoms with Crippen LogP contribution in [0, 0.1) is 17.2 Å². The van der Waals surface area contributed by atoms with Gasteiger partial charge in [0.05, 0.1) is 33.1 Å². The molecular weight excluding hydrogens is 551 g/mol. The van der Waals surface area contributed by atoms with Crippen LogP contribution in [-0.2, 0) is 0 Å². The monoisotopic (exact) mass is 567 g/mol. The van der Waals surface area contributed by atoms with E-state index >= 15 is 0 Å². The van der Waals surface area contributed by atoms with E-state index in [4.69, 9.17) is 34.8 Å². The number of benzene rings is 2. The molecule has 2 aromatic carbocycles. The van der Waals surface area contributed by atoms with E-state index in [1.807, 2.05) is 0 Å². The van der Waals surface area contributed by atoms with Gasteiger partial charge in [0.2, 0.25) is 5.88 Å². The van der Waals surface area contributed by atoms with Crippen LogP contribution in [0.15, 0.2) is 42.5 Å². The Morgan fingerprint density at radius 2 is 1.86 bits per heavy atom. The minimum absolute atomic E-state index is 0.00706. The van der Waals surface area contributed by atoms with Gasteiger partial charge in [-0.05, 0) is 49.9 Å². The number of hydrogen-bond acceptors (Lipinski definition) is 5. The van der Waals surface area contributed by atoms with E-state index in [1.165, 1.54) is 24.3 Å². The number of halogens is 5. The summed E-state index contributed by atoms with van der Waals surface area (Å²) in [6.07, 6.45) is 1.58. The molecule has 0 bridgehead atoms. The van der Waals surface area contributed by atoms with E-state index in [-0.39, 0.29) is 43.6 Å². The van der Waals surface area contributed by atoms with Gasteiger partial charge in [0.25, 0.3) is 11.8 Å². The van der Waals surface area contributed by atoms with E-state index in [9.17, 15) is 23.6 Å². The first-order valence-electron chi connectivity index (χ1n) is 10.9. The van der Waals surface area contributed by atoms with E-state index in [0.29, 0.717) is 0 Å². The average Bonchev–Trinajstić information content (AvgIpc) is 3.62. The molecule has 4 rings (SSSR count). The van der Waals surface area contributed by atoms with E-state index in [1.54, 1.807) is 19.1 Å². The predicted octanol–water partition coefficient (Wildman–Crippen LogP) is 6.11. The molecule has 13 heteroatoms. The van der Waals surface area contributed by atoms with Crippen LogP contribution in [0.25, 0.3) is 5.69 Å². The number of carbonyl (C=O) groups is 2. The summed E-state index contributed by atoms with van der Waals surface area (Å²) in [5.41, 5.74) is -1.35. The summed E-state index contributed by atoms with van der Waals surface area (Å²) in [5.74, 6) is -2.08. The Morgan fingerprint density at radius 3 is 2.49 bits per heavy atom. The molecule has 8 nitrogen and oxygen atoms in total. The number of nitrogens with zero attached hydrogens (tertiary/aromatic N) is 3. The van der Waals surface area contributed by atoms with Gasteiger partial charge in [-0.3, -0.25) is 9.59 Å². The summed E-state index contributed by atoms with van der Waals surface area (Å²) in [5, 5.41) is 19.0. The molecule has 0 spiro atoms. The van der Waals surface area contributed by atoms with Crippen molar-refractivity contribution in [2.45, 2.75) is 31.9 Å². The second-order valence-electron chi connectivity index (χ2n) is 8.42. The van der Waals surface area contributed by atoms with Crippen molar-refractivity contribution in [1.82, 2.24) is 15.1 Å². The Balaban J connectivity index is 1.72. The summed E-state index contributed by atoms with van der Waals surface area (Å²) in [6, 6.07) is 12.0. The Labute approximate surface area is 225 Å². The van der Waals surface area contributed by atoms with Crippen LogP contribution in [0.4, 0.5) is 14.5 Å². The number of nitriles is 1. The molecule has 1 heterocycles. The van der Waals surface area contributed by atoms with Crippen molar-refractivity contribution in [3.05, 3.63) is 68.8 Å². The fraction of sp³-hybridized carbons (Fsp3) is 0.250. The molecule has 1 atom stereocenters. The van der Waals surface area contributed by atoms with Crippen molar-refractivity contribution in [1.29, 1.82) is 5.26 Å². The van der Waals surface area contributed by atoms with Crippen LogP contribution in [-0.4, -0.2) is 33.7 Å². The third kappa shape index (κ3) is 5.80. The summed E-state index contributed by atoms with van der Waals surface area (Å²) in [7, 11) is 0. The first-order valence-corrected chi connectivity index (χ1v) is 12.0. The number of ether oxygens (including phenoxy) is 1. The van der Waals surface area contributed by atoms with Gasteiger partial charge in [0, 0.05) is 11.1 Å². The minimum Gasteiger partial charge on any atom is -0.415 e. The zero-order valence-electron chi connectivity index (χ0n) is 19.1. The average molecular weight is 569 g/mol. The quantitative estimate of drug-likeness (QED) is 0.341. The van der Waals surface area contributed by atoms with Crippen LogP contribution >= 0.6 is 34.8 Å². The van der Waals surface area contributed by atoms with Gasteiger partial charge in [-0.2, -0.15) is 14.0 Å². The molecule has 1 unspecified atom stereocenters. The molecule has 0 radical (unpaired) electrons. The Morgan fingerprint density at radius 1 is 1.16 bits per heavy atom. The maximum atomic E-state index is 13.4. The molecular formula is C24H18Cl3F2N5O3. The number of aromatic nitrogens is 2. The fourth-order valence-corrected chi connectivity index (χ4v) is 4.48. The summed E-state index contributed by atoms with van der Waals surface area (Å²) in [4.78, 5) is 26.5. The van der Waals surface area contributed by atoms with Gasteiger partial charge in [0.1, 0.15) is 11.2 Å². The zero-order valence-corrected chi connectivity index (χ0v) is 21.3. The first kappa shape index (κ1) is 26.7. The lowest BCUT2D eigenvalue weighted by Gasteiger charge is -2.24. The fourth-order valence-electron chi connectivity index (χ4n) is 3.72. The van der Waals surface area contributed by atoms with E-state index < -0.39 is 29.8 Å². The number of rotatable bonds is 8. The molecule has 1 aliphatic carbocycles. The van der Waals surface area contributed by atoms with Crippen molar-refractivity contribution in [2.75, 3.05) is 5.32 Å². The topological polar surface area (TPSA) is 109 Å². The number of amides is 2. The first-order chi connectivity index (χ1) is 17.5. The molecule has 2 amide bonds. The number of alkyl halides is 2. The summed E-state index contributed by atoms with van der Waals surface area (Å²) >= 11 is 18.7. The SMILES string of the molecule is CC(C#N)(NC(=O)c1cc(Cl)cc(Cl)c1NC(=O)c1cc(OC(F)F)nn1-c1ccccc1Cl)C1CC1. The van der Waals surface area contributed by atoms with Crippen molar-refractivity contribution in [3.8, 4) is 17.6 Å². The standard InChI is InChI=1S/C24H18Cl3F2N5O3/c1-24(11-30,12-6-7-12)32-21(35)14-8-13(25)9-16(27)20(14)31-22(36)18-10-19(37-23(28)29)33-34(18)17-5-3-2-4-15(17)26/h2-5,8-10,12,23H,6-7H2,1H3,(H,31,36)(H,32,35). The maximum Gasteiger partial charge on any atom is 0.388 e. The zero-order chi connectivity index (χ0) is 26.9. The predicted molar refractivity (Wildman–Crippen MR) is 134 cm³/mol. The van der Waals surface area contributed by atoms with Gasteiger partial charge in [-0.25, -0.2) is 4.68 Å². The third-order valence-corrected chi connectivity index (χ3v) is 6.58. The van der Waals surface area contributed by atoms with Crippen LogP contribution in [0.2, 0.25) is 15.1 Å². The smallest absolute Gasteiger partial charge is 0.388 e.